The van der Waals surface area contributed by atoms with Gasteiger partial charge < -0.3 is 15.0 Å². The topological polar surface area (TPSA) is 49.9 Å². The molecule has 0 aliphatic carbocycles. The summed E-state index contributed by atoms with van der Waals surface area (Å²) in [6, 6.07) is 10.2. The Morgan fingerprint density at radius 3 is 2.88 bits per heavy atom. The van der Waals surface area contributed by atoms with Crippen molar-refractivity contribution in [3.05, 3.63) is 54.1 Å². The highest BCUT2D eigenvalue weighted by Crippen LogP contribution is 1.99. The molecule has 4 nitrogen and oxygen atoms in total. The van der Waals surface area contributed by atoms with E-state index in [-0.39, 0.29) is 0 Å². The first-order valence-corrected chi connectivity index (χ1v) is 5.76. The first kappa shape index (κ1) is 11.8. The van der Waals surface area contributed by atoms with E-state index in [2.05, 4.69) is 27.4 Å². The van der Waals surface area contributed by atoms with Crippen LogP contribution in [0, 0.1) is 0 Å². The van der Waals surface area contributed by atoms with Gasteiger partial charge in [0.15, 0.2) is 0 Å². The molecule has 1 heterocycles. The molecule has 0 fully saturated rings. The average Bonchev–Trinajstić information content (AvgIpc) is 2.88. The summed E-state index contributed by atoms with van der Waals surface area (Å²) in [7, 11) is 0. The molecule has 0 radical (unpaired) electrons. The molecule has 17 heavy (non-hydrogen) atoms. The van der Waals surface area contributed by atoms with Crippen molar-refractivity contribution >= 4 is 0 Å². The lowest BCUT2D eigenvalue weighted by molar-refractivity contribution is 0.122. The van der Waals surface area contributed by atoms with Crippen LogP contribution in [0.3, 0.4) is 0 Å². The molecule has 0 saturated carbocycles. The Kier molecular flexibility index (Phi) is 4.75. The lowest BCUT2D eigenvalue weighted by Gasteiger charge is -2.05. The van der Waals surface area contributed by atoms with E-state index in [0.717, 1.165) is 18.9 Å². The lowest BCUT2D eigenvalue weighted by atomic mass is 10.2. The first-order valence-electron chi connectivity index (χ1n) is 5.76. The molecule has 0 amide bonds. The molecule has 0 aliphatic rings. The van der Waals surface area contributed by atoms with Crippen LogP contribution >= 0.6 is 0 Å². The number of aromatic nitrogens is 2. The zero-order valence-corrected chi connectivity index (χ0v) is 9.73. The second-order valence-electron chi connectivity index (χ2n) is 3.75. The number of imidazole rings is 1. The van der Waals surface area contributed by atoms with E-state index in [9.17, 15) is 0 Å². The largest absolute Gasteiger partial charge is 0.375 e. The standard InChI is InChI=1S/C13H17N3O/c1-2-4-12(5-3-1)11-17-9-8-14-10-13-15-6-7-16-13/h1-7,14H,8-11H2,(H,15,16). The van der Waals surface area contributed by atoms with Crippen LogP contribution in [0.15, 0.2) is 42.7 Å². The summed E-state index contributed by atoms with van der Waals surface area (Å²) in [6.07, 6.45) is 3.58. The van der Waals surface area contributed by atoms with Gasteiger partial charge in [0.05, 0.1) is 19.8 Å². The Morgan fingerprint density at radius 1 is 1.24 bits per heavy atom. The predicted molar refractivity (Wildman–Crippen MR) is 66.4 cm³/mol. The number of hydrogen-bond donors (Lipinski definition) is 2. The molecular weight excluding hydrogens is 214 g/mol. The summed E-state index contributed by atoms with van der Waals surface area (Å²) in [5.41, 5.74) is 1.21. The molecule has 0 aliphatic heterocycles. The maximum absolute atomic E-state index is 5.55. The molecule has 2 aromatic rings. The van der Waals surface area contributed by atoms with Gasteiger partial charge in [-0.2, -0.15) is 0 Å². The highest BCUT2D eigenvalue weighted by Gasteiger charge is 1.94. The molecule has 1 aromatic carbocycles. The molecule has 0 spiro atoms. The number of nitrogens with one attached hydrogen (secondary N) is 2. The quantitative estimate of drug-likeness (QED) is 0.713. The summed E-state index contributed by atoms with van der Waals surface area (Å²) >= 11 is 0. The summed E-state index contributed by atoms with van der Waals surface area (Å²) in [5, 5.41) is 3.26. The Labute approximate surface area is 101 Å². The second kappa shape index (κ2) is 6.83. The molecule has 0 unspecified atom stereocenters. The maximum Gasteiger partial charge on any atom is 0.120 e. The third-order valence-electron chi connectivity index (χ3n) is 2.38. The highest BCUT2D eigenvalue weighted by atomic mass is 16.5. The first-order chi connectivity index (χ1) is 8.45. The van der Waals surface area contributed by atoms with Crippen LogP contribution in [0.5, 0.6) is 0 Å². The van der Waals surface area contributed by atoms with Gasteiger partial charge >= 0.3 is 0 Å². The van der Waals surface area contributed by atoms with Gasteiger partial charge in [0.1, 0.15) is 5.82 Å². The van der Waals surface area contributed by atoms with E-state index in [4.69, 9.17) is 4.74 Å². The molecular formula is C13H17N3O. The van der Waals surface area contributed by atoms with E-state index in [1.54, 1.807) is 6.20 Å². The zero-order valence-electron chi connectivity index (χ0n) is 9.73. The SMILES string of the molecule is c1ccc(COCCNCc2ncc[nH]2)cc1. The van der Waals surface area contributed by atoms with E-state index in [1.165, 1.54) is 5.56 Å². The van der Waals surface area contributed by atoms with Crippen LogP contribution in [0.4, 0.5) is 0 Å². The number of nitrogens with zero attached hydrogens (tertiary/aromatic N) is 1. The molecule has 4 heteroatoms. The number of H-pyrrole nitrogens is 1. The molecule has 0 bridgehead atoms. The van der Waals surface area contributed by atoms with Gasteiger partial charge in [-0.05, 0) is 5.56 Å². The van der Waals surface area contributed by atoms with Crippen LogP contribution in [0.1, 0.15) is 11.4 Å². The Balaban J connectivity index is 1.52. The summed E-state index contributed by atoms with van der Waals surface area (Å²) in [6.45, 7) is 2.95. The van der Waals surface area contributed by atoms with Gasteiger partial charge in [-0.25, -0.2) is 4.98 Å². The van der Waals surface area contributed by atoms with E-state index in [1.807, 2.05) is 24.4 Å². The maximum atomic E-state index is 5.55. The van der Waals surface area contributed by atoms with Gasteiger partial charge in [-0.15, -0.1) is 0 Å². The highest BCUT2D eigenvalue weighted by molar-refractivity contribution is 5.13. The van der Waals surface area contributed by atoms with Crippen molar-refractivity contribution in [2.24, 2.45) is 0 Å². The van der Waals surface area contributed by atoms with Crippen LogP contribution in [-0.4, -0.2) is 23.1 Å². The van der Waals surface area contributed by atoms with Crippen molar-refractivity contribution in [2.45, 2.75) is 13.2 Å². The molecule has 0 saturated heterocycles. The minimum Gasteiger partial charge on any atom is -0.375 e. The molecule has 2 rings (SSSR count). The smallest absolute Gasteiger partial charge is 0.120 e. The predicted octanol–water partition coefficient (Wildman–Crippen LogP) is 1.72. The van der Waals surface area contributed by atoms with E-state index in [0.29, 0.717) is 13.2 Å². The second-order valence-corrected chi connectivity index (χ2v) is 3.75. The number of aromatic amines is 1. The Morgan fingerprint density at radius 2 is 2.12 bits per heavy atom. The van der Waals surface area contributed by atoms with Crippen LogP contribution in [-0.2, 0) is 17.9 Å². The molecule has 90 valence electrons. The lowest BCUT2D eigenvalue weighted by Crippen LogP contribution is -2.19. The van der Waals surface area contributed by atoms with E-state index < -0.39 is 0 Å². The van der Waals surface area contributed by atoms with Gasteiger partial charge in [-0.3, -0.25) is 0 Å². The normalized spacial score (nSPS) is 10.6. The number of rotatable bonds is 7. The van der Waals surface area contributed by atoms with Gasteiger partial charge in [0, 0.05) is 18.9 Å². The number of ether oxygens (including phenoxy) is 1. The van der Waals surface area contributed by atoms with Crippen LogP contribution < -0.4 is 5.32 Å². The third kappa shape index (κ3) is 4.38. The number of hydrogen-bond acceptors (Lipinski definition) is 3. The van der Waals surface area contributed by atoms with Crippen molar-refractivity contribution in [3.8, 4) is 0 Å². The number of benzene rings is 1. The fourth-order valence-corrected chi connectivity index (χ4v) is 1.51. The van der Waals surface area contributed by atoms with E-state index >= 15 is 0 Å². The van der Waals surface area contributed by atoms with Crippen LogP contribution in [0.2, 0.25) is 0 Å². The molecule has 1 aromatic heterocycles. The monoisotopic (exact) mass is 231 g/mol. The third-order valence-corrected chi connectivity index (χ3v) is 2.38. The molecule has 0 atom stereocenters. The summed E-state index contributed by atoms with van der Waals surface area (Å²) < 4.78 is 5.55. The minimum atomic E-state index is 0.670. The van der Waals surface area contributed by atoms with Crippen LogP contribution in [0.25, 0.3) is 0 Å². The Bertz CT molecular complexity index is 400. The van der Waals surface area contributed by atoms with Crippen molar-refractivity contribution in [1.82, 2.24) is 15.3 Å². The van der Waals surface area contributed by atoms with Crippen molar-refractivity contribution in [3.63, 3.8) is 0 Å². The summed E-state index contributed by atoms with van der Waals surface area (Å²) in [5.74, 6) is 0.952. The minimum absolute atomic E-state index is 0.670. The molecule has 2 N–H and O–H groups in total. The summed E-state index contributed by atoms with van der Waals surface area (Å²) in [4.78, 5) is 7.16. The van der Waals surface area contributed by atoms with Crippen molar-refractivity contribution < 1.29 is 4.74 Å². The van der Waals surface area contributed by atoms with Gasteiger partial charge in [0.2, 0.25) is 0 Å². The van der Waals surface area contributed by atoms with Crippen molar-refractivity contribution in [1.29, 1.82) is 0 Å². The fourth-order valence-electron chi connectivity index (χ4n) is 1.51. The fraction of sp³-hybridized carbons (Fsp3) is 0.308. The van der Waals surface area contributed by atoms with Crippen molar-refractivity contribution in [2.75, 3.05) is 13.2 Å². The zero-order chi connectivity index (χ0) is 11.8. The Hall–Kier alpha value is -1.65. The average molecular weight is 231 g/mol. The van der Waals surface area contributed by atoms with Gasteiger partial charge in [0.25, 0.3) is 0 Å². The van der Waals surface area contributed by atoms with Gasteiger partial charge in [-0.1, -0.05) is 30.3 Å².